The van der Waals surface area contributed by atoms with Gasteiger partial charge in [-0.05, 0) is 31.4 Å². The van der Waals surface area contributed by atoms with Gasteiger partial charge >= 0.3 is 0 Å². The van der Waals surface area contributed by atoms with Crippen molar-refractivity contribution in [2.24, 2.45) is 0 Å². The van der Waals surface area contributed by atoms with Crippen molar-refractivity contribution in [2.45, 2.75) is 32.9 Å². The Morgan fingerprint density at radius 2 is 1.90 bits per heavy atom. The van der Waals surface area contributed by atoms with Crippen molar-refractivity contribution in [3.8, 4) is 0 Å². The number of hydrogen-bond acceptors (Lipinski definition) is 2. The van der Waals surface area contributed by atoms with Crippen LogP contribution in [0, 0.1) is 0 Å². The van der Waals surface area contributed by atoms with Gasteiger partial charge in [0.1, 0.15) is 0 Å². The van der Waals surface area contributed by atoms with E-state index < -0.39 is 0 Å². The third-order valence-corrected chi connectivity index (χ3v) is 4.29. The van der Waals surface area contributed by atoms with E-state index in [-0.39, 0.29) is 5.91 Å². The van der Waals surface area contributed by atoms with E-state index in [2.05, 4.69) is 43.0 Å². The van der Waals surface area contributed by atoms with Gasteiger partial charge in [-0.1, -0.05) is 30.3 Å². The highest BCUT2D eigenvalue weighted by Gasteiger charge is 2.34. The molecule has 0 fully saturated rings. The summed E-state index contributed by atoms with van der Waals surface area (Å²) < 4.78 is 0. The van der Waals surface area contributed by atoms with Gasteiger partial charge < -0.3 is 4.90 Å². The molecule has 2 aliphatic rings. The highest BCUT2D eigenvalue weighted by Crippen LogP contribution is 2.28. The van der Waals surface area contributed by atoms with Crippen LogP contribution in [0.15, 0.2) is 41.5 Å². The molecule has 1 aromatic rings. The Morgan fingerprint density at radius 1 is 1.15 bits per heavy atom. The summed E-state index contributed by atoms with van der Waals surface area (Å²) in [5.74, 6) is 0.257. The first-order chi connectivity index (χ1) is 9.65. The molecule has 0 unspecified atom stereocenters. The Balaban J connectivity index is 1.69. The molecular formula is C17H22N2O. The molecule has 3 nitrogen and oxygen atoms in total. The normalized spacial score (nSPS) is 19.9. The summed E-state index contributed by atoms with van der Waals surface area (Å²) in [5.41, 5.74) is 3.75. The number of rotatable bonds is 3. The molecule has 1 aromatic carbocycles. The predicted molar refractivity (Wildman–Crippen MR) is 80.2 cm³/mol. The predicted octanol–water partition coefficient (Wildman–Crippen LogP) is 2.44. The van der Waals surface area contributed by atoms with Crippen LogP contribution >= 0.6 is 0 Å². The zero-order valence-electron chi connectivity index (χ0n) is 12.3. The number of carbonyl (C=O) groups is 1. The maximum Gasteiger partial charge on any atom is 0.251 e. The fraction of sp³-hybridized carbons (Fsp3) is 0.471. The number of carbonyl (C=O) groups excluding carboxylic acids is 1. The van der Waals surface area contributed by atoms with Crippen molar-refractivity contribution >= 4 is 5.91 Å². The fourth-order valence-electron chi connectivity index (χ4n) is 3.10. The molecule has 3 heteroatoms. The lowest BCUT2D eigenvalue weighted by atomic mass is 10.0. The van der Waals surface area contributed by atoms with E-state index in [1.807, 2.05) is 11.0 Å². The second-order valence-corrected chi connectivity index (χ2v) is 6.06. The molecule has 2 heterocycles. The molecule has 0 aliphatic carbocycles. The summed E-state index contributed by atoms with van der Waals surface area (Å²) in [6, 6.07) is 10.8. The number of hydrogen-bond donors (Lipinski definition) is 0. The Labute approximate surface area is 120 Å². The lowest BCUT2D eigenvalue weighted by Crippen LogP contribution is -2.35. The van der Waals surface area contributed by atoms with E-state index in [4.69, 9.17) is 0 Å². The minimum atomic E-state index is 0.257. The molecule has 20 heavy (non-hydrogen) atoms. The van der Waals surface area contributed by atoms with Gasteiger partial charge in [-0.15, -0.1) is 0 Å². The van der Waals surface area contributed by atoms with E-state index in [1.165, 1.54) is 11.1 Å². The van der Waals surface area contributed by atoms with E-state index in [1.54, 1.807) is 0 Å². The number of amides is 1. The Bertz CT molecular complexity index is 533. The molecule has 0 saturated heterocycles. The van der Waals surface area contributed by atoms with Gasteiger partial charge in [-0.2, -0.15) is 0 Å². The maximum atomic E-state index is 12.4. The van der Waals surface area contributed by atoms with Crippen LogP contribution < -0.4 is 0 Å². The molecule has 0 bridgehead atoms. The van der Waals surface area contributed by atoms with Crippen LogP contribution in [0.1, 0.15) is 25.8 Å². The third kappa shape index (κ3) is 2.50. The highest BCUT2D eigenvalue weighted by atomic mass is 16.2. The SMILES string of the molecule is CC(C)N1CC2=C(CN(Cc3ccccc3)CC2)C1=O. The standard InChI is InChI=1S/C17H22N2O/c1-13(2)19-11-15-8-9-18(12-16(15)17(19)20)10-14-6-4-3-5-7-14/h3-7,13H,8-12H2,1-2H3. The minimum absolute atomic E-state index is 0.257. The van der Waals surface area contributed by atoms with Gasteiger partial charge in [-0.3, -0.25) is 9.69 Å². The summed E-state index contributed by atoms with van der Waals surface area (Å²) in [5, 5.41) is 0. The topological polar surface area (TPSA) is 23.6 Å². The summed E-state index contributed by atoms with van der Waals surface area (Å²) >= 11 is 0. The fourth-order valence-corrected chi connectivity index (χ4v) is 3.10. The summed E-state index contributed by atoms with van der Waals surface area (Å²) in [6.45, 7) is 7.85. The molecule has 3 rings (SSSR count). The van der Waals surface area contributed by atoms with Gasteiger partial charge in [-0.25, -0.2) is 0 Å². The van der Waals surface area contributed by atoms with Gasteiger partial charge in [0.2, 0.25) is 0 Å². The van der Waals surface area contributed by atoms with Crippen molar-refractivity contribution in [2.75, 3.05) is 19.6 Å². The third-order valence-electron chi connectivity index (χ3n) is 4.29. The highest BCUT2D eigenvalue weighted by molar-refractivity contribution is 5.97. The van der Waals surface area contributed by atoms with E-state index >= 15 is 0 Å². The van der Waals surface area contributed by atoms with Crippen LogP contribution in [-0.4, -0.2) is 41.4 Å². The van der Waals surface area contributed by atoms with Crippen molar-refractivity contribution in [3.63, 3.8) is 0 Å². The average Bonchev–Trinajstić information content (AvgIpc) is 2.77. The molecular weight excluding hydrogens is 248 g/mol. The van der Waals surface area contributed by atoms with E-state index in [0.29, 0.717) is 6.04 Å². The number of nitrogens with zero attached hydrogens (tertiary/aromatic N) is 2. The van der Waals surface area contributed by atoms with Crippen LogP contribution in [0.2, 0.25) is 0 Å². The molecule has 106 valence electrons. The van der Waals surface area contributed by atoms with Crippen LogP contribution in [0.5, 0.6) is 0 Å². The van der Waals surface area contributed by atoms with Gasteiger partial charge in [0.25, 0.3) is 5.91 Å². The molecule has 0 aromatic heterocycles. The first-order valence-corrected chi connectivity index (χ1v) is 7.43. The van der Waals surface area contributed by atoms with Crippen molar-refractivity contribution in [3.05, 3.63) is 47.0 Å². The van der Waals surface area contributed by atoms with Crippen LogP contribution in [0.3, 0.4) is 0 Å². The largest absolute Gasteiger partial charge is 0.332 e. The second-order valence-electron chi connectivity index (χ2n) is 6.06. The molecule has 0 atom stereocenters. The van der Waals surface area contributed by atoms with Gasteiger partial charge in [0, 0.05) is 37.8 Å². The van der Waals surface area contributed by atoms with E-state index in [9.17, 15) is 4.79 Å². The molecule has 0 saturated carbocycles. The molecule has 0 spiro atoms. The molecule has 0 radical (unpaired) electrons. The number of benzene rings is 1. The Kier molecular flexibility index (Phi) is 3.62. The van der Waals surface area contributed by atoms with Gasteiger partial charge in [0.05, 0.1) is 0 Å². The first-order valence-electron chi connectivity index (χ1n) is 7.43. The molecule has 0 N–H and O–H groups in total. The van der Waals surface area contributed by atoms with Crippen LogP contribution in [0.4, 0.5) is 0 Å². The maximum absolute atomic E-state index is 12.4. The summed E-state index contributed by atoms with van der Waals surface area (Å²) in [7, 11) is 0. The quantitative estimate of drug-likeness (QED) is 0.842. The summed E-state index contributed by atoms with van der Waals surface area (Å²) in [4.78, 5) is 16.8. The van der Waals surface area contributed by atoms with Crippen LogP contribution in [0.25, 0.3) is 0 Å². The van der Waals surface area contributed by atoms with Crippen molar-refractivity contribution in [1.29, 1.82) is 0 Å². The lowest BCUT2D eigenvalue weighted by Gasteiger charge is -2.27. The Hall–Kier alpha value is -1.61. The lowest BCUT2D eigenvalue weighted by molar-refractivity contribution is -0.127. The zero-order chi connectivity index (χ0) is 14.1. The van der Waals surface area contributed by atoms with E-state index in [0.717, 1.165) is 38.2 Å². The first kappa shape index (κ1) is 13.4. The summed E-state index contributed by atoms with van der Waals surface area (Å²) in [6.07, 6.45) is 1.04. The van der Waals surface area contributed by atoms with Crippen LogP contribution in [-0.2, 0) is 11.3 Å². The van der Waals surface area contributed by atoms with Gasteiger partial charge in [0.15, 0.2) is 0 Å². The Morgan fingerprint density at radius 3 is 2.60 bits per heavy atom. The molecule has 1 amide bonds. The van der Waals surface area contributed by atoms with Crippen molar-refractivity contribution < 1.29 is 4.79 Å². The second kappa shape index (κ2) is 5.41. The monoisotopic (exact) mass is 270 g/mol. The average molecular weight is 270 g/mol. The van der Waals surface area contributed by atoms with Crippen molar-refractivity contribution in [1.82, 2.24) is 9.80 Å². The zero-order valence-corrected chi connectivity index (χ0v) is 12.3. The smallest absolute Gasteiger partial charge is 0.251 e. The molecule has 2 aliphatic heterocycles. The minimum Gasteiger partial charge on any atom is -0.332 e.